The monoisotopic (exact) mass is 564 g/mol. The van der Waals surface area contributed by atoms with Gasteiger partial charge in [-0.15, -0.1) is 0 Å². The lowest BCUT2D eigenvalue weighted by atomic mass is 10.1. The predicted molar refractivity (Wildman–Crippen MR) is 147 cm³/mol. The fourth-order valence-electron chi connectivity index (χ4n) is 3.61. The van der Waals surface area contributed by atoms with Crippen LogP contribution in [0.25, 0.3) is 6.08 Å². The molecule has 1 heterocycles. The summed E-state index contributed by atoms with van der Waals surface area (Å²) in [7, 11) is 0. The third kappa shape index (κ3) is 6.25. The molecular weight excluding hydrogens is 540 g/mol. The number of esters is 1. The standard InChI is InChI=1S/C28H25BrN2O4S/c1-3-34-26(32)18-35-24-15-14-20(16-23(24)29)17-25-27(33)31(19(2)21-10-6-4-7-11-21)28(36-25)30-22-12-8-5-9-13-22/h4-17,19H,3,18H2,1-2H3/b25-17+,30-28?/t19-/m1/s1. The van der Waals surface area contributed by atoms with Crippen molar-refractivity contribution in [2.45, 2.75) is 19.9 Å². The molecule has 0 N–H and O–H groups in total. The Morgan fingerprint density at radius 1 is 1.08 bits per heavy atom. The number of para-hydroxylation sites is 1. The Balaban J connectivity index is 1.61. The van der Waals surface area contributed by atoms with Gasteiger partial charge in [0.2, 0.25) is 0 Å². The maximum absolute atomic E-state index is 13.6. The lowest BCUT2D eigenvalue weighted by Crippen LogP contribution is -2.32. The van der Waals surface area contributed by atoms with Crippen molar-refractivity contribution in [2.24, 2.45) is 4.99 Å². The number of halogens is 1. The van der Waals surface area contributed by atoms with Crippen LogP contribution in [-0.2, 0) is 14.3 Å². The predicted octanol–water partition coefficient (Wildman–Crippen LogP) is 6.76. The van der Waals surface area contributed by atoms with Crippen LogP contribution in [-0.4, -0.2) is 35.2 Å². The van der Waals surface area contributed by atoms with Crippen molar-refractivity contribution >= 4 is 56.5 Å². The molecule has 1 fully saturated rings. The molecule has 0 radical (unpaired) electrons. The SMILES string of the molecule is CCOC(=O)COc1ccc(/C=C2/SC(=Nc3ccccc3)N([C@H](C)c3ccccc3)C2=O)cc1Br. The molecule has 1 aliphatic rings. The van der Waals surface area contributed by atoms with Crippen molar-refractivity contribution in [1.29, 1.82) is 0 Å². The van der Waals surface area contributed by atoms with Gasteiger partial charge in [-0.05, 0) is 83.0 Å². The topological polar surface area (TPSA) is 68.2 Å². The summed E-state index contributed by atoms with van der Waals surface area (Å²) in [5.74, 6) is -0.0209. The number of carbonyl (C=O) groups excluding carboxylic acids is 2. The summed E-state index contributed by atoms with van der Waals surface area (Å²) in [4.78, 5) is 32.3. The number of nitrogens with zero attached hydrogens (tertiary/aromatic N) is 2. The maximum Gasteiger partial charge on any atom is 0.344 e. The molecule has 0 saturated carbocycles. The molecule has 3 aromatic rings. The zero-order valence-electron chi connectivity index (χ0n) is 19.9. The van der Waals surface area contributed by atoms with Crippen molar-refractivity contribution in [3.63, 3.8) is 0 Å². The van der Waals surface area contributed by atoms with E-state index in [1.807, 2.05) is 85.8 Å². The quantitative estimate of drug-likeness (QED) is 0.223. The average Bonchev–Trinajstić information content (AvgIpc) is 3.18. The number of rotatable bonds is 8. The Kier molecular flexibility index (Phi) is 8.61. The highest BCUT2D eigenvalue weighted by Gasteiger charge is 2.37. The largest absolute Gasteiger partial charge is 0.481 e. The van der Waals surface area contributed by atoms with Gasteiger partial charge in [-0.1, -0.05) is 54.6 Å². The van der Waals surface area contributed by atoms with Crippen LogP contribution in [0.3, 0.4) is 0 Å². The van der Waals surface area contributed by atoms with Gasteiger partial charge in [0.1, 0.15) is 5.75 Å². The lowest BCUT2D eigenvalue weighted by molar-refractivity contribution is -0.145. The van der Waals surface area contributed by atoms with E-state index in [-0.39, 0.29) is 18.6 Å². The van der Waals surface area contributed by atoms with E-state index in [4.69, 9.17) is 14.5 Å². The average molecular weight is 565 g/mol. The Labute approximate surface area is 223 Å². The zero-order chi connectivity index (χ0) is 25.5. The van der Waals surface area contributed by atoms with E-state index in [1.54, 1.807) is 17.9 Å². The third-order valence-electron chi connectivity index (χ3n) is 5.39. The molecule has 1 aliphatic heterocycles. The molecule has 0 aliphatic carbocycles. The molecule has 3 aromatic carbocycles. The normalized spacial score (nSPS) is 16.4. The number of amidine groups is 1. The minimum atomic E-state index is -0.429. The molecule has 0 bridgehead atoms. The van der Waals surface area contributed by atoms with E-state index in [9.17, 15) is 9.59 Å². The van der Waals surface area contributed by atoms with Crippen LogP contribution in [0, 0.1) is 0 Å². The second-order valence-corrected chi connectivity index (χ2v) is 9.75. The van der Waals surface area contributed by atoms with E-state index in [1.165, 1.54) is 11.8 Å². The van der Waals surface area contributed by atoms with Gasteiger partial charge in [-0.3, -0.25) is 9.69 Å². The molecule has 0 aromatic heterocycles. The summed E-state index contributed by atoms with van der Waals surface area (Å²) in [6.45, 7) is 3.88. The summed E-state index contributed by atoms with van der Waals surface area (Å²) >= 11 is 4.84. The van der Waals surface area contributed by atoms with Crippen LogP contribution in [0.15, 0.2) is 93.2 Å². The van der Waals surface area contributed by atoms with E-state index < -0.39 is 5.97 Å². The fraction of sp³-hybridized carbons (Fsp3) is 0.179. The number of carbonyl (C=O) groups is 2. The van der Waals surface area contributed by atoms with Crippen molar-refractivity contribution in [1.82, 2.24) is 4.90 Å². The van der Waals surface area contributed by atoms with Crippen molar-refractivity contribution < 1.29 is 19.1 Å². The number of ether oxygens (including phenoxy) is 2. The Morgan fingerprint density at radius 2 is 1.78 bits per heavy atom. The Bertz CT molecular complexity index is 1300. The van der Waals surface area contributed by atoms with Crippen LogP contribution < -0.4 is 4.74 Å². The zero-order valence-corrected chi connectivity index (χ0v) is 22.3. The van der Waals surface area contributed by atoms with E-state index >= 15 is 0 Å². The number of amides is 1. The van der Waals surface area contributed by atoms with Gasteiger partial charge in [0.15, 0.2) is 11.8 Å². The van der Waals surface area contributed by atoms with Crippen LogP contribution >= 0.6 is 27.7 Å². The van der Waals surface area contributed by atoms with Gasteiger partial charge >= 0.3 is 5.97 Å². The minimum absolute atomic E-state index is 0.107. The molecule has 1 atom stereocenters. The molecule has 184 valence electrons. The van der Waals surface area contributed by atoms with E-state index in [0.29, 0.717) is 26.9 Å². The van der Waals surface area contributed by atoms with Gasteiger partial charge in [-0.2, -0.15) is 0 Å². The number of aliphatic imine (C=N–C) groups is 1. The van der Waals surface area contributed by atoms with Gasteiger partial charge in [-0.25, -0.2) is 9.79 Å². The van der Waals surface area contributed by atoms with Crippen molar-refractivity contribution in [3.8, 4) is 5.75 Å². The minimum Gasteiger partial charge on any atom is -0.481 e. The van der Waals surface area contributed by atoms with Crippen LogP contribution in [0.2, 0.25) is 0 Å². The van der Waals surface area contributed by atoms with Gasteiger partial charge in [0.05, 0.1) is 27.7 Å². The highest BCUT2D eigenvalue weighted by molar-refractivity contribution is 9.10. The third-order valence-corrected chi connectivity index (χ3v) is 6.99. The second kappa shape index (κ2) is 12.1. The molecule has 0 unspecified atom stereocenters. The van der Waals surface area contributed by atoms with Crippen LogP contribution in [0.4, 0.5) is 5.69 Å². The number of hydrogen-bond donors (Lipinski definition) is 0. The first kappa shape index (κ1) is 25.7. The number of benzene rings is 3. The van der Waals surface area contributed by atoms with Gasteiger partial charge < -0.3 is 9.47 Å². The molecular formula is C28H25BrN2O4S. The lowest BCUT2D eigenvalue weighted by Gasteiger charge is -2.24. The molecule has 4 rings (SSSR count). The van der Waals surface area contributed by atoms with Gasteiger partial charge in [0, 0.05) is 0 Å². The van der Waals surface area contributed by atoms with E-state index in [2.05, 4.69) is 15.9 Å². The molecule has 1 saturated heterocycles. The Morgan fingerprint density at radius 3 is 2.44 bits per heavy atom. The first-order chi connectivity index (χ1) is 17.5. The molecule has 6 nitrogen and oxygen atoms in total. The summed E-state index contributed by atoms with van der Waals surface area (Å²) in [6.07, 6.45) is 1.84. The second-order valence-electron chi connectivity index (χ2n) is 7.89. The summed E-state index contributed by atoms with van der Waals surface area (Å²) in [6, 6.07) is 24.8. The molecule has 1 amide bonds. The molecule has 36 heavy (non-hydrogen) atoms. The van der Waals surface area contributed by atoms with Crippen molar-refractivity contribution in [3.05, 3.63) is 99.4 Å². The van der Waals surface area contributed by atoms with Crippen LogP contribution in [0.5, 0.6) is 5.75 Å². The van der Waals surface area contributed by atoms with E-state index in [0.717, 1.165) is 16.8 Å². The first-order valence-electron chi connectivity index (χ1n) is 11.5. The van der Waals surface area contributed by atoms with Gasteiger partial charge in [0.25, 0.3) is 5.91 Å². The first-order valence-corrected chi connectivity index (χ1v) is 13.1. The maximum atomic E-state index is 13.6. The number of thioether (sulfide) groups is 1. The smallest absolute Gasteiger partial charge is 0.344 e. The molecule has 0 spiro atoms. The summed E-state index contributed by atoms with van der Waals surface area (Å²) in [5.41, 5.74) is 2.62. The fourth-order valence-corrected chi connectivity index (χ4v) is 5.19. The summed E-state index contributed by atoms with van der Waals surface area (Å²) < 4.78 is 11.1. The summed E-state index contributed by atoms with van der Waals surface area (Å²) in [5, 5.41) is 0.627. The Hall–Kier alpha value is -3.36. The highest BCUT2D eigenvalue weighted by Crippen LogP contribution is 2.39. The van der Waals surface area contributed by atoms with Crippen molar-refractivity contribution in [2.75, 3.05) is 13.2 Å². The highest BCUT2D eigenvalue weighted by atomic mass is 79.9. The van der Waals surface area contributed by atoms with Crippen LogP contribution in [0.1, 0.15) is 31.0 Å². The number of hydrogen-bond acceptors (Lipinski definition) is 6. The molecule has 8 heteroatoms.